The van der Waals surface area contributed by atoms with Crippen LogP contribution in [0.4, 0.5) is 0 Å². The fourth-order valence-corrected chi connectivity index (χ4v) is 5.39. The largest absolute Gasteiger partial charge is 0.493 e. The Hall–Kier alpha value is -5.15. The molecule has 0 bridgehead atoms. The second kappa shape index (κ2) is 13.2. The van der Waals surface area contributed by atoms with E-state index in [-0.39, 0.29) is 6.61 Å². The number of aromatic nitrogens is 1. The minimum absolute atomic E-state index is 0.234. The van der Waals surface area contributed by atoms with Crippen LogP contribution in [-0.2, 0) is 18.1 Å². The molecule has 0 aliphatic heterocycles. The number of methoxy groups -OCH3 is 3. The summed E-state index contributed by atoms with van der Waals surface area (Å²) in [6.07, 6.45) is 0. The van der Waals surface area contributed by atoms with Crippen LogP contribution in [0.5, 0.6) is 28.7 Å². The van der Waals surface area contributed by atoms with Gasteiger partial charge in [-0.15, -0.1) is 0 Å². The lowest BCUT2D eigenvalue weighted by molar-refractivity contribution is 0.130. The topological polar surface area (TPSA) is 86.8 Å². The summed E-state index contributed by atoms with van der Waals surface area (Å²) < 4.78 is 29.0. The van der Waals surface area contributed by atoms with Crippen LogP contribution in [0.15, 0.2) is 84.0 Å². The smallest absolute Gasteiger partial charge is 0.161 e. The van der Waals surface area contributed by atoms with Gasteiger partial charge in [-0.3, -0.25) is 0 Å². The summed E-state index contributed by atoms with van der Waals surface area (Å²) in [5, 5.41) is 5.70. The highest BCUT2D eigenvalue weighted by atomic mass is 16.6. The number of H-pyrrole nitrogens is 1. The Morgan fingerprint density at radius 1 is 0.689 bits per heavy atom. The zero-order valence-corrected chi connectivity index (χ0v) is 26.2. The van der Waals surface area contributed by atoms with Crippen molar-refractivity contribution in [2.45, 2.75) is 13.2 Å². The number of nitrogens with zero attached hydrogens (tertiary/aromatic N) is 2. The number of likely N-dealkylation sites (N-methyl/N-ethyl adjacent to an activating group) is 1. The Bertz CT molecular complexity index is 1830. The van der Waals surface area contributed by atoms with Crippen molar-refractivity contribution in [2.24, 2.45) is 5.16 Å². The first-order valence-corrected chi connectivity index (χ1v) is 14.7. The lowest BCUT2D eigenvalue weighted by Gasteiger charge is -2.13. The van der Waals surface area contributed by atoms with E-state index in [1.54, 1.807) is 21.3 Å². The number of aromatic amines is 1. The Balaban J connectivity index is 1.29. The number of rotatable bonds is 13. The predicted molar refractivity (Wildman–Crippen MR) is 175 cm³/mol. The van der Waals surface area contributed by atoms with Gasteiger partial charge in [-0.25, -0.2) is 0 Å². The molecule has 4 aromatic carbocycles. The van der Waals surface area contributed by atoms with Gasteiger partial charge < -0.3 is 38.4 Å². The van der Waals surface area contributed by atoms with Crippen molar-refractivity contribution in [2.75, 3.05) is 48.6 Å². The lowest BCUT2D eigenvalue weighted by atomic mass is 10.1. The van der Waals surface area contributed by atoms with Crippen molar-refractivity contribution in [1.29, 1.82) is 0 Å². The number of nitrogens with one attached hydrogen (secondary N) is 1. The molecule has 5 aromatic rings. The van der Waals surface area contributed by atoms with Crippen LogP contribution in [0.25, 0.3) is 22.2 Å². The number of hydrogen-bond acceptors (Lipinski definition) is 8. The van der Waals surface area contributed by atoms with Crippen molar-refractivity contribution in [3.8, 4) is 40.0 Å². The molecule has 9 heteroatoms. The molecule has 1 aliphatic rings. The summed E-state index contributed by atoms with van der Waals surface area (Å²) in [5.41, 5.74) is 7.37. The highest BCUT2D eigenvalue weighted by Gasteiger charge is 2.32. The molecule has 0 amide bonds. The van der Waals surface area contributed by atoms with Gasteiger partial charge >= 0.3 is 0 Å². The van der Waals surface area contributed by atoms with Crippen molar-refractivity contribution in [1.82, 2.24) is 9.88 Å². The fraction of sp³-hybridized carbons (Fsp3) is 0.250. The summed E-state index contributed by atoms with van der Waals surface area (Å²) >= 11 is 0. The minimum atomic E-state index is 0.234. The molecule has 0 saturated carbocycles. The summed E-state index contributed by atoms with van der Waals surface area (Å²) in [6.45, 7) is 2.09. The van der Waals surface area contributed by atoms with Gasteiger partial charge in [0.15, 0.2) is 23.0 Å². The maximum atomic E-state index is 6.06. The van der Waals surface area contributed by atoms with E-state index in [9.17, 15) is 0 Å². The molecule has 9 nitrogen and oxygen atoms in total. The van der Waals surface area contributed by atoms with E-state index in [0.29, 0.717) is 41.9 Å². The molecule has 1 aromatic heterocycles. The molecule has 1 N–H and O–H groups in total. The molecule has 0 atom stereocenters. The second-order valence-corrected chi connectivity index (χ2v) is 11.0. The predicted octanol–water partition coefficient (Wildman–Crippen LogP) is 6.66. The number of oxime groups is 1. The molecule has 6 rings (SSSR count). The second-order valence-electron chi connectivity index (χ2n) is 11.0. The highest BCUT2D eigenvalue weighted by Crippen LogP contribution is 2.46. The van der Waals surface area contributed by atoms with Gasteiger partial charge in [0.1, 0.15) is 31.3 Å². The maximum Gasteiger partial charge on any atom is 0.161 e. The third-order valence-electron chi connectivity index (χ3n) is 7.71. The molecule has 0 unspecified atom stereocenters. The van der Waals surface area contributed by atoms with E-state index in [0.717, 1.165) is 56.7 Å². The maximum absolute atomic E-state index is 6.06. The van der Waals surface area contributed by atoms with Crippen molar-refractivity contribution in [3.63, 3.8) is 0 Å². The van der Waals surface area contributed by atoms with Crippen LogP contribution in [-0.4, -0.2) is 64.2 Å². The van der Waals surface area contributed by atoms with Gasteiger partial charge in [0, 0.05) is 34.1 Å². The van der Waals surface area contributed by atoms with Crippen molar-refractivity contribution >= 4 is 16.6 Å². The standard InChI is InChI=1S/C36H37N3O6/c1-39(2)15-16-43-25-12-13-29-28(18-25)34-35(37-29)26-19-32(41-4)33(42-5)20-27(26)36(34)38-45-22-24-11-14-30(31(17-24)40-3)44-21-23-9-7-6-8-10-23/h6-14,17-20,37H,15-16,21-22H2,1-5H3/b38-36-. The van der Waals surface area contributed by atoms with Crippen molar-refractivity contribution < 1.29 is 28.5 Å². The molecule has 0 spiro atoms. The zero-order valence-electron chi connectivity index (χ0n) is 26.2. The molecular weight excluding hydrogens is 570 g/mol. The zero-order chi connectivity index (χ0) is 31.3. The molecule has 0 radical (unpaired) electrons. The minimum Gasteiger partial charge on any atom is -0.493 e. The van der Waals surface area contributed by atoms with Gasteiger partial charge in [-0.05, 0) is 67.7 Å². The Labute approximate surface area is 262 Å². The van der Waals surface area contributed by atoms with Crippen LogP contribution in [0.3, 0.4) is 0 Å². The fourth-order valence-electron chi connectivity index (χ4n) is 5.39. The van der Waals surface area contributed by atoms with Gasteiger partial charge in [0.25, 0.3) is 0 Å². The van der Waals surface area contributed by atoms with Gasteiger partial charge in [-0.2, -0.15) is 0 Å². The Kier molecular flexibility index (Phi) is 8.79. The molecule has 232 valence electrons. The normalized spacial score (nSPS) is 12.7. The van der Waals surface area contributed by atoms with E-state index >= 15 is 0 Å². The SMILES string of the molecule is COc1cc2c(cc1OC)-c1[nH]c3ccc(OCCN(C)C)cc3c1/C2=N\OCc1ccc(OCc2ccccc2)c(OC)c1. The first-order chi connectivity index (χ1) is 22.0. The van der Waals surface area contributed by atoms with E-state index in [1.807, 2.05) is 86.9 Å². The third-order valence-corrected chi connectivity index (χ3v) is 7.71. The number of hydrogen-bond donors (Lipinski definition) is 1. The first-order valence-electron chi connectivity index (χ1n) is 14.7. The van der Waals surface area contributed by atoms with E-state index in [2.05, 4.69) is 16.0 Å². The summed E-state index contributed by atoms with van der Waals surface area (Å²) in [5.74, 6) is 3.33. The Morgan fingerprint density at radius 2 is 1.42 bits per heavy atom. The van der Waals surface area contributed by atoms with Crippen LogP contribution < -0.4 is 23.7 Å². The van der Waals surface area contributed by atoms with Gasteiger partial charge in [0.2, 0.25) is 0 Å². The van der Waals surface area contributed by atoms with Crippen molar-refractivity contribution in [3.05, 3.63) is 101 Å². The third kappa shape index (κ3) is 6.25. The molecule has 0 saturated heterocycles. The number of benzene rings is 4. The number of ether oxygens (including phenoxy) is 5. The average Bonchev–Trinajstić information content (AvgIpc) is 3.57. The lowest BCUT2D eigenvalue weighted by Crippen LogP contribution is -2.19. The molecule has 0 fully saturated rings. The van der Waals surface area contributed by atoms with Crippen LogP contribution in [0.2, 0.25) is 0 Å². The van der Waals surface area contributed by atoms with Gasteiger partial charge in [-0.1, -0.05) is 41.6 Å². The average molecular weight is 608 g/mol. The molecule has 1 aliphatic carbocycles. The van der Waals surface area contributed by atoms with E-state index in [4.69, 9.17) is 33.7 Å². The Morgan fingerprint density at radius 3 is 2.16 bits per heavy atom. The van der Waals surface area contributed by atoms with E-state index in [1.165, 1.54) is 0 Å². The van der Waals surface area contributed by atoms with Crippen LogP contribution in [0, 0.1) is 0 Å². The quantitative estimate of drug-likeness (QED) is 0.147. The van der Waals surface area contributed by atoms with Gasteiger partial charge in [0.05, 0.1) is 27.0 Å². The van der Waals surface area contributed by atoms with Crippen LogP contribution in [0.1, 0.15) is 22.3 Å². The number of fused-ring (bicyclic) bond motifs is 5. The summed E-state index contributed by atoms with van der Waals surface area (Å²) in [6, 6.07) is 25.7. The molecule has 1 heterocycles. The molecule has 45 heavy (non-hydrogen) atoms. The van der Waals surface area contributed by atoms with E-state index < -0.39 is 0 Å². The summed E-state index contributed by atoms with van der Waals surface area (Å²) in [4.78, 5) is 11.7. The first kappa shape index (κ1) is 29.9. The molecular formula is C36H37N3O6. The monoisotopic (exact) mass is 607 g/mol. The van der Waals surface area contributed by atoms with Crippen LogP contribution >= 0.6 is 0 Å². The summed E-state index contributed by atoms with van der Waals surface area (Å²) in [7, 11) is 8.94. The highest BCUT2D eigenvalue weighted by molar-refractivity contribution is 6.30.